The second kappa shape index (κ2) is 4.12. The third-order valence-electron chi connectivity index (χ3n) is 0.612. The van der Waals surface area contributed by atoms with Crippen molar-refractivity contribution >= 4 is 6.41 Å². The monoisotopic (exact) mass is 111 g/mol. The van der Waals surface area contributed by atoms with Crippen molar-refractivity contribution in [3.05, 3.63) is 24.4 Å². The van der Waals surface area contributed by atoms with Gasteiger partial charge in [0.25, 0.3) is 0 Å². The highest BCUT2D eigenvalue weighted by atomic mass is 16.1. The molecule has 1 N–H and O–H groups in total. The molecule has 0 spiro atoms. The van der Waals surface area contributed by atoms with Gasteiger partial charge in [-0.05, 0) is 13.0 Å². The molecule has 0 rings (SSSR count). The van der Waals surface area contributed by atoms with Crippen LogP contribution >= 0.6 is 0 Å². The van der Waals surface area contributed by atoms with E-state index in [1.165, 1.54) is 0 Å². The fraction of sp³-hybridized carbons (Fsp3) is 0.167. The SMILES string of the molecule is C=C(/C=C\C)NC=O. The van der Waals surface area contributed by atoms with Crippen LogP contribution in [0.15, 0.2) is 24.4 Å². The summed E-state index contributed by atoms with van der Waals surface area (Å²) < 4.78 is 0. The van der Waals surface area contributed by atoms with Crippen molar-refractivity contribution in [1.82, 2.24) is 5.32 Å². The summed E-state index contributed by atoms with van der Waals surface area (Å²) in [6.07, 6.45) is 4.12. The summed E-state index contributed by atoms with van der Waals surface area (Å²) in [6.45, 7) is 5.36. The molecular formula is C6H9NO. The van der Waals surface area contributed by atoms with Crippen LogP contribution in [0.25, 0.3) is 0 Å². The van der Waals surface area contributed by atoms with Gasteiger partial charge in [0.15, 0.2) is 0 Å². The van der Waals surface area contributed by atoms with Gasteiger partial charge < -0.3 is 5.32 Å². The first-order chi connectivity index (χ1) is 3.81. The molecule has 8 heavy (non-hydrogen) atoms. The van der Waals surface area contributed by atoms with Crippen molar-refractivity contribution < 1.29 is 4.79 Å². The molecular weight excluding hydrogens is 102 g/mol. The first-order valence-electron chi connectivity index (χ1n) is 2.33. The molecule has 0 radical (unpaired) electrons. The van der Waals surface area contributed by atoms with Gasteiger partial charge >= 0.3 is 0 Å². The van der Waals surface area contributed by atoms with Gasteiger partial charge in [-0.2, -0.15) is 0 Å². The Morgan fingerprint density at radius 2 is 2.38 bits per heavy atom. The summed E-state index contributed by atoms with van der Waals surface area (Å²) in [6, 6.07) is 0. The summed E-state index contributed by atoms with van der Waals surface area (Å²) in [5.41, 5.74) is 0.613. The van der Waals surface area contributed by atoms with Crippen molar-refractivity contribution in [2.45, 2.75) is 6.92 Å². The minimum atomic E-state index is 0.600. The number of hydrogen-bond donors (Lipinski definition) is 1. The average molecular weight is 111 g/mol. The number of carbonyl (C=O) groups excluding carboxylic acids is 1. The highest BCUT2D eigenvalue weighted by molar-refractivity contribution is 5.51. The molecule has 0 aromatic rings. The maximum absolute atomic E-state index is 9.68. The van der Waals surface area contributed by atoms with E-state index in [2.05, 4.69) is 11.9 Å². The lowest BCUT2D eigenvalue weighted by Gasteiger charge is -1.90. The minimum Gasteiger partial charge on any atom is -0.329 e. The summed E-state index contributed by atoms with van der Waals surface area (Å²) in [4.78, 5) is 9.68. The summed E-state index contributed by atoms with van der Waals surface area (Å²) in [5.74, 6) is 0. The molecule has 44 valence electrons. The van der Waals surface area contributed by atoms with E-state index in [4.69, 9.17) is 0 Å². The van der Waals surface area contributed by atoms with Gasteiger partial charge in [-0.3, -0.25) is 4.79 Å². The third-order valence-corrected chi connectivity index (χ3v) is 0.612. The van der Waals surface area contributed by atoms with Gasteiger partial charge in [0.05, 0.1) is 0 Å². The number of nitrogens with one attached hydrogen (secondary N) is 1. The number of allylic oxidation sites excluding steroid dienone is 2. The highest BCUT2D eigenvalue weighted by Crippen LogP contribution is 1.81. The Morgan fingerprint density at radius 3 is 2.75 bits per heavy atom. The Balaban J connectivity index is 3.48. The topological polar surface area (TPSA) is 29.1 Å². The molecule has 0 aromatic carbocycles. The molecule has 0 atom stereocenters. The standard InChI is InChI=1S/C6H9NO/c1-3-4-6(2)7-5-8/h3-5H,2H2,1H3,(H,7,8)/b4-3-. The number of hydrogen-bond acceptors (Lipinski definition) is 1. The fourth-order valence-electron chi connectivity index (χ4n) is 0.325. The van der Waals surface area contributed by atoms with Crippen LogP contribution in [0.3, 0.4) is 0 Å². The number of carbonyl (C=O) groups is 1. The Bertz CT molecular complexity index is 116. The normalized spacial score (nSPS) is 9.12. The predicted molar refractivity (Wildman–Crippen MR) is 33.2 cm³/mol. The Morgan fingerprint density at radius 1 is 1.75 bits per heavy atom. The molecule has 0 bridgehead atoms. The molecule has 2 nitrogen and oxygen atoms in total. The van der Waals surface area contributed by atoms with E-state index in [-0.39, 0.29) is 0 Å². The zero-order valence-corrected chi connectivity index (χ0v) is 4.85. The van der Waals surface area contributed by atoms with Crippen molar-refractivity contribution in [3.8, 4) is 0 Å². The van der Waals surface area contributed by atoms with Crippen LogP contribution in [0.4, 0.5) is 0 Å². The Hall–Kier alpha value is -1.05. The second-order valence-electron chi connectivity index (χ2n) is 1.29. The van der Waals surface area contributed by atoms with Crippen molar-refractivity contribution in [3.63, 3.8) is 0 Å². The molecule has 0 aliphatic heterocycles. The van der Waals surface area contributed by atoms with E-state index in [1.54, 1.807) is 12.2 Å². The van der Waals surface area contributed by atoms with Gasteiger partial charge in [0.2, 0.25) is 6.41 Å². The van der Waals surface area contributed by atoms with E-state index in [9.17, 15) is 4.79 Å². The lowest BCUT2D eigenvalue weighted by atomic mass is 10.4. The summed E-state index contributed by atoms with van der Waals surface area (Å²) in [5, 5.41) is 2.38. The van der Waals surface area contributed by atoms with Crippen LogP contribution < -0.4 is 5.32 Å². The van der Waals surface area contributed by atoms with Gasteiger partial charge in [0.1, 0.15) is 0 Å². The summed E-state index contributed by atoms with van der Waals surface area (Å²) >= 11 is 0. The first-order valence-corrected chi connectivity index (χ1v) is 2.33. The van der Waals surface area contributed by atoms with E-state index >= 15 is 0 Å². The van der Waals surface area contributed by atoms with Crippen LogP contribution in [0.1, 0.15) is 6.92 Å². The van der Waals surface area contributed by atoms with Crippen molar-refractivity contribution in [2.24, 2.45) is 0 Å². The molecule has 0 fully saturated rings. The molecule has 0 aliphatic carbocycles. The zero-order chi connectivity index (χ0) is 6.41. The quantitative estimate of drug-likeness (QED) is 0.424. The average Bonchev–Trinajstić information content (AvgIpc) is 1.68. The van der Waals surface area contributed by atoms with Crippen LogP contribution in [-0.4, -0.2) is 6.41 Å². The summed E-state index contributed by atoms with van der Waals surface area (Å²) in [7, 11) is 0. The van der Waals surface area contributed by atoms with E-state index in [0.717, 1.165) is 0 Å². The lowest BCUT2D eigenvalue weighted by molar-refractivity contribution is -0.108. The molecule has 0 saturated heterocycles. The Kier molecular flexibility index (Phi) is 3.58. The van der Waals surface area contributed by atoms with Crippen LogP contribution in [0.2, 0.25) is 0 Å². The predicted octanol–water partition coefficient (Wildman–Crippen LogP) is 0.822. The maximum atomic E-state index is 9.68. The first kappa shape index (κ1) is 6.95. The number of amides is 1. The van der Waals surface area contributed by atoms with E-state index in [1.807, 2.05) is 6.92 Å². The van der Waals surface area contributed by atoms with E-state index < -0.39 is 0 Å². The molecule has 2 heteroatoms. The number of rotatable bonds is 3. The maximum Gasteiger partial charge on any atom is 0.211 e. The van der Waals surface area contributed by atoms with Gasteiger partial charge in [0, 0.05) is 5.70 Å². The van der Waals surface area contributed by atoms with Crippen LogP contribution in [0.5, 0.6) is 0 Å². The Labute approximate surface area is 48.9 Å². The van der Waals surface area contributed by atoms with Gasteiger partial charge in [-0.25, -0.2) is 0 Å². The highest BCUT2D eigenvalue weighted by Gasteiger charge is 1.77. The molecule has 0 unspecified atom stereocenters. The van der Waals surface area contributed by atoms with Crippen molar-refractivity contribution in [2.75, 3.05) is 0 Å². The molecule has 1 amide bonds. The second-order valence-corrected chi connectivity index (χ2v) is 1.29. The van der Waals surface area contributed by atoms with Crippen molar-refractivity contribution in [1.29, 1.82) is 0 Å². The minimum absolute atomic E-state index is 0.600. The molecule has 0 saturated carbocycles. The lowest BCUT2D eigenvalue weighted by Crippen LogP contribution is -2.05. The third kappa shape index (κ3) is 3.15. The van der Waals surface area contributed by atoms with Gasteiger partial charge in [-0.1, -0.05) is 12.7 Å². The molecule has 0 heterocycles. The smallest absolute Gasteiger partial charge is 0.211 e. The van der Waals surface area contributed by atoms with Gasteiger partial charge in [-0.15, -0.1) is 0 Å². The fourth-order valence-corrected chi connectivity index (χ4v) is 0.325. The van der Waals surface area contributed by atoms with Crippen LogP contribution in [0, 0.1) is 0 Å². The molecule has 0 aromatic heterocycles. The van der Waals surface area contributed by atoms with E-state index in [0.29, 0.717) is 12.1 Å². The van der Waals surface area contributed by atoms with Crippen LogP contribution in [-0.2, 0) is 4.79 Å². The largest absolute Gasteiger partial charge is 0.329 e. The molecule has 0 aliphatic rings. The zero-order valence-electron chi connectivity index (χ0n) is 4.85.